The molecule has 0 radical (unpaired) electrons. The number of nitrogens with two attached hydrogens (primary N) is 1. The van der Waals surface area contributed by atoms with Gasteiger partial charge in [-0.1, -0.05) is 0 Å². The number of rotatable bonds is 3. The lowest BCUT2D eigenvalue weighted by Crippen LogP contribution is -1.86. The Bertz CT molecular complexity index is 159. The summed E-state index contributed by atoms with van der Waals surface area (Å²) in [6.07, 6.45) is 6.12. The minimum absolute atomic E-state index is 0.873. The molecule has 1 aliphatic carbocycles. The highest BCUT2D eigenvalue weighted by molar-refractivity contribution is 14.1. The molecule has 0 aromatic heterocycles. The van der Waals surface area contributed by atoms with Gasteiger partial charge >= 0.3 is 0 Å². The zero-order valence-corrected chi connectivity index (χ0v) is 7.91. The average molecular weight is 250 g/mol. The molecule has 1 rings (SSSR count). The van der Waals surface area contributed by atoms with Crippen LogP contribution in [0.25, 0.3) is 0 Å². The molecule has 10 heavy (non-hydrogen) atoms. The Labute approximate surface area is 74.7 Å². The Morgan fingerprint density at radius 2 is 2.40 bits per heavy atom. The van der Waals surface area contributed by atoms with Crippen molar-refractivity contribution in [2.45, 2.75) is 12.8 Å². The van der Waals surface area contributed by atoms with Gasteiger partial charge in [-0.15, -0.1) is 0 Å². The number of nitrogens with zero attached hydrogens (tertiary/aromatic N) is 1. The second kappa shape index (κ2) is 3.95. The zero-order chi connectivity index (χ0) is 7.40. The van der Waals surface area contributed by atoms with Crippen molar-refractivity contribution in [3.8, 4) is 0 Å². The number of hydrogen-bond acceptors (Lipinski definition) is 2. The summed E-state index contributed by atoms with van der Waals surface area (Å²) in [6, 6.07) is 0. The van der Waals surface area contributed by atoms with E-state index in [1.807, 2.05) is 6.21 Å². The maximum atomic E-state index is 5.24. The first-order chi connectivity index (χ1) is 4.83. The van der Waals surface area contributed by atoms with Gasteiger partial charge in [-0.05, 0) is 41.4 Å². The van der Waals surface area contributed by atoms with Crippen LogP contribution in [-0.4, -0.2) is 12.8 Å². The van der Waals surface area contributed by atoms with E-state index in [4.69, 9.17) is 5.73 Å². The van der Waals surface area contributed by atoms with Crippen LogP contribution in [0.15, 0.2) is 14.8 Å². The maximum absolute atomic E-state index is 5.24. The van der Waals surface area contributed by atoms with E-state index in [2.05, 4.69) is 27.6 Å². The van der Waals surface area contributed by atoms with Crippen LogP contribution in [0.1, 0.15) is 12.8 Å². The third-order valence-electron chi connectivity index (χ3n) is 1.43. The van der Waals surface area contributed by atoms with Gasteiger partial charge in [-0.25, -0.2) is 0 Å². The first-order valence-corrected chi connectivity index (χ1v) is 4.48. The standard InChI is InChI=1S/C7H11IN2/c8-7(3-9)5-10-4-6-1-2-6/h3,5-6H,1-2,4,9H2. The number of halogens is 1. The summed E-state index contributed by atoms with van der Waals surface area (Å²) < 4.78 is 1.01. The Morgan fingerprint density at radius 3 is 2.90 bits per heavy atom. The van der Waals surface area contributed by atoms with E-state index in [1.54, 1.807) is 6.20 Å². The van der Waals surface area contributed by atoms with Gasteiger partial charge in [0.25, 0.3) is 0 Å². The summed E-state index contributed by atoms with van der Waals surface area (Å²) in [5.74, 6) is 0.873. The Balaban J connectivity index is 2.14. The second-order valence-electron chi connectivity index (χ2n) is 2.49. The number of hydrogen-bond donors (Lipinski definition) is 1. The molecule has 1 fully saturated rings. The molecule has 0 atom stereocenters. The largest absolute Gasteiger partial charge is 0.404 e. The molecular weight excluding hydrogens is 239 g/mol. The molecule has 0 aromatic rings. The summed E-state index contributed by atoms with van der Waals surface area (Å²) in [5.41, 5.74) is 5.24. The third kappa shape index (κ3) is 3.20. The van der Waals surface area contributed by atoms with Gasteiger partial charge < -0.3 is 5.73 Å². The summed E-state index contributed by atoms with van der Waals surface area (Å²) >= 11 is 2.16. The van der Waals surface area contributed by atoms with Gasteiger partial charge in [0, 0.05) is 22.5 Å². The van der Waals surface area contributed by atoms with E-state index in [1.165, 1.54) is 12.8 Å². The van der Waals surface area contributed by atoms with Gasteiger partial charge in [-0.2, -0.15) is 0 Å². The second-order valence-corrected chi connectivity index (χ2v) is 3.73. The van der Waals surface area contributed by atoms with Gasteiger partial charge in [0.05, 0.1) is 0 Å². The van der Waals surface area contributed by atoms with Crippen LogP contribution in [0.3, 0.4) is 0 Å². The van der Waals surface area contributed by atoms with Crippen LogP contribution < -0.4 is 5.73 Å². The predicted octanol–water partition coefficient (Wildman–Crippen LogP) is 1.70. The molecule has 0 bridgehead atoms. The van der Waals surface area contributed by atoms with Gasteiger partial charge in [-0.3, -0.25) is 4.99 Å². The van der Waals surface area contributed by atoms with Crippen molar-refractivity contribution in [3.63, 3.8) is 0 Å². The van der Waals surface area contributed by atoms with Crippen molar-refractivity contribution in [2.24, 2.45) is 16.6 Å². The van der Waals surface area contributed by atoms with E-state index in [0.29, 0.717) is 0 Å². The van der Waals surface area contributed by atoms with E-state index < -0.39 is 0 Å². The summed E-state index contributed by atoms with van der Waals surface area (Å²) in [5, 5.41) is 0. The lowest BCUT2D eigenvalue weighted by Gasteiger charge is -1.86. The van der Waals surface area contributed by atoms with E-state index in [-0.39, 0.29) is 0 Å². The molecule has 1 aliphatic rings. The van der Waals surface area contributed by atoms with Crippen LogP contribution in [0.4, 0.5) is 0 Å². The highest BCUT2D eigenvalue weighted by Gasteiger charge is 2.19. The molecule has 0 aliphatic heterocycles. The molecule has 0 amide bonds. The van der Waals surface area contributed by atoms with Crippen molar-refractivity contribution in [3.05, 3.63) is 9.78 Å². The van der Waals surface area contributed by atoms with Gasteiger partial charge in [0.15, 0.2) is 0 Å². The molecule has 0 aromatic carbocycles. The minimum Gasteiger partial charge on any atom is -0.404 e. The summed E-state index contributed by atoms with van der Waals surface area (Å²) in [7, 11) is 0. The SMILES string of the molecule is NC=C(I)C=NCC1CC1. The van der Waals surface area contributed by atoms with Crippen LogP contribution in [0.2, 0.25) is 0 Å². The predicted molar refractivity (Wildman–Crippen MR) is 52.4 cm³/mol. The van der Waals surface area contributed by atoms with Gasteiger partial charge in [0.2, 0.25) is 0 Å². The quantitative estimate of drug-likeness (QED) is 0.600. The van der Waals surface area contributed by atoms with Crippen molar-refractivity contribution in [1.82, 2.24) is 0 Å². The Kier molecular flexibility index (Phi) is 3.18. The maximum Gasteiger partial charge on any atom is 0.0463 e. The van der Waals surface area contributed by atoms with Crippen LogP contribution >= 0.6 is 22.6 Å². The normalized spacial score (nSPS) is 20.3. The minimum atomic E-state index is 0.873. The highest BCUT2D eigenvalue weighted by atomic mass is 127. The zero-order valence-electron chi connectivity index (χ0n) is 5.76. The average Bonchev–Trinajstić information content (AvgIpc) is 2.71. The van der Waals surface area contributed by atoms with E-state index >= 15 is 0 Å². The molecular formula is C7H11IN2. The third-order valence-corrected chi connectivity index (χ3v) is 2.07. The summed E-state index contributed by atoms with van der Waals surface area (Å²) in [4.78, 5) is 4.22. The van der Waals surface area contributed by atoms with Crippen molar-refractivity contribution >= 4 is 28.8 Å². The topological polar surface area (TPSA) is 38.4 Å². The molecule has 2 nitrogen and oxygen atoms in total. The molecule has 56 valence electrons. The highest BCUT2D eigenvalue weighted by Crippen LogP contribution is 2.28. The lowest BCUT2D eigenvalue weighted by molar-refractivity contribution is 0.852. The molecule has 0 unspecified atom stereocenters. The fourth-order valence-corrected chi connectivity index (χ4v) is 0.829. The monoisotopic (exact) mass is 250 g/mol. The molecule has 0 heterocycles. The lowest BCUT2D eigenvalue weighted by atomic mass is 10.4. The van der Waals surface area contributed by atoms with E-state index in [0.717, 1.165) is 16.0 Å². The van der Waals surface area contributed by atoms with Crippen molar-refractivity contribution in [1.29, 1.82) is 0 Å². The molecule has 2 N–H and O–H groups in total. The molecule has 3 heteroatoms. The van der Waals surface area contributed by atoms with Gasteiger partial charge in [0.1, 0.15) is 0 Å². The van der Waals surface area contributed by atoms with Crippen LogP contribution in [-0.2, 0) is 0 Å². The fourth-order valence-electron chi connectivity index (χ4n) is 0.632. The fraction of sp³-hybridized carbons (Fsp3) is 0.571. The van der Waals surface area contributed by atoms with Crippen molar-refractivity contribution in [2.75, 3.05) is 6.54 Å². The first-order valence-electron chi connectivity index (χ1n) is 3.40. The van der Waals surface area contributed by atoms with E-state index in [9.17, 15) is 0 Å². The summed E-state index contributed by atoms with van der Waals surface area (Å²) in [6.45, 7) is 0.986. The van der Waals surface area contributed by atoms with Crippen LogP contribution in [0, 0.1) is 5.92 Å². The number of aliphatic imine (C=N–C) groups is 1. The molecule has 0 spiro atoms. The Morgan fingerprint density at radius 1 is 1.70 bits per heavy atom. The first kappa shape index (κ1) is 8.04. The molecule has 0 saturated heterocycles. The smallest absolute Gasteiger partial charge is 0.0463 e. The molecule has 1 saturated carbocycles. The van der Waals surface area contributed by atoms with Crippen LogP contribution in [0.5, 0.6) is 0 Å². The van der Waals surface area contributed by atoms with Crippen molar-refractivity contribution < 1.29 is 0 Å². The Hall–Kier alpha value is -0.0600. The number of allylic oxidation sites excluding steroid dienone is 1.